The minimum absolute atomic E-state index is 0.710. The lowest BCUT2D eigenvalue weighted by Gasteiger charge is -2.12. The van der Waals surface area contributed by atoms with E-state index >= 15 is 0 Å². The van der Waals surface area contributed by atoms with Gasteiger partial charge in [0.05, 0.1) is 7.11 Å². The van der Waals surface area contributed by atoms with Gasteiger partial charge in [-0.2, -0.15) is 0 Å². The highest BCUT2D eigenvalue weighted by atomic mass is 35.5. The molecule has 0 unspecified atom stereocenters. The summed E-state index contributed by atoms with van der Waals surface area (Å²) >= 11 is 7.95. The summed E-state index contributed by atoms with van der Waals surface area (Å²) in [6.07, 6.45) is 0. The number of benzene rings is 3. The summed E-state index contributed by atoms with van der Waals surface area (Å²) in [6, 6.07) is 24.0. The van der Waals surface area contributed by atoms with E-state index in [2.05, 4.69) is 33.8 Å². The predicted molar refractivity (Wildman–Crippen MR) is 119 cm³/mol. The maximum absolute atomic E-state index is 6.33. The molecule has 29 heavy (non-hydrogen) atoms. The Morgan fingerprint density at radius 1 is 0.931 bits per heavy atom. The monoisotopic (exact) mass is 421 g/mol. The molecule has 0 amide bonds. The fourth-order valence-corrected chi connectivity index (χ4v) is 4.32. The van der Waals surface area contributed by atoms with Crippen molar-refractivity contribution in [3.63, 3.8) is 0 Å². The fourth-order valence-electron chi connectivity index (χ4n) is 3.08. The van der Waals surface area contributed by atoms with Gasteiger partial charge in [0.25, 0.3) is 0 Å². The van der Waals surface area contributed by atoms with Crippen molar-refractivity contribution in [3.8, 4) is 22.8 Å². The highest BCUT2D eigenvalue weighted by molar-refractivity contribution is 7.98. The van der Waals surface area contributed by atoms with Crippen LogP contribution in [0.3, 0.4) is 0 Å². The van der Waals surface area contributed by atoms with Gasteiger partial charge >= 0.3 is 0 Å². The normalized spacial score (nSPS) is 10.9. The summed E-state index contributed by atoms with van der Waals surface area (Å²) in [5.41, 5.74) is 4.26. The summed E-state index contributed by atoms with van der Waals surface area (Å²) in [6.45, 7) is 2.08. The number of halogens is 1. The van der Waals surface area contributed by atoms with Crippen LogP contribution < -0.4 is 4.74 Å². The molecule has 0 fully saturated rings. The Bertz CT molecular complexity index is 1130. The molecule has 0 aliphatic rings. The first-order valence-corrected chi connectivity index (χ1v) is 10.6. The molecule has 0 atom stereocenters. The van der Waals surface area contributed by atoms with Gasteiger partial charge in [-0.15, -0.1) is 10.2 Å². The molecule has 6 heteroatoms. The Morgan fingerprint density at radius 3 is 2.38 bits per heavy atom. The van der Waals surface area contributed by atoms with Crippen LogP contribution in [-0.2, 0) is 5.75 Å². The van der Waals surface area contributed by atoms with E-state index in [-0.39, 0.29) is 0 Å². The number of methoxy groups -OCH3 is 1. The quantitative estimate of drug-likeness (QED) is 0.347. The highest BCUT2D eigenvalue weighted by Crippen LogP contribution is 2.32. The fraction of sp³-hybridized carbons (Fsp3) is 0.130. The first-order chi connectivity index (χ1) is 14.2. The number of thioether (sulfide) groups is 1. The predicted octanol–water partition coefficient (Wildman–Crippen LogP) is 6.20. The van der Waals surface area contributed by atoms with Gasteiger partial charge in [0.2, 0.25) is 0 Å². The molecule has 0 aliphatic heterocycles. The van der Waals surface area contributed by atoms with Crippen LogP contribution in [0.1, 0.15) is 11.1 Å². The molecule has 1 heterocycles. The Hall–Kier alpha value is -2.76. The van der Waals surface area contributed by atoms with Gasteiger partial charge in [0.15, 0.2) is 11.0 Å². The molecule has 0 bridgehead atoms. The molecule has 0 radical (unpaired) electrons. The number of hydrogen-bond donors (Lipinski definition) is 0. The number of aromatic nitrogens is 3. The molecule has 146 valence electrons. The van der Waals surface area contributed by atoms with E-state index in [0.29, 0.717) is 5.75 Å². The Balaban J connectivity index is 1.76. The Kier molecular flexibility index (Phi) is 5.88. The molecule has 4 aromatic rings. The van der Waals surface area contributed by atoms with E-state index in [0.717, 1.165) is 44.1 Å². The zero-order valence-electron chi connectivity index (χ0n) is 16.2. The van der Waals surface area contributed by atoms with Crippen molar-refractivity contribution in [1.82, 2.24) is 14.8 Å². The molecule has 0 saturated carbocycles. The van der Waals surface area contributed by atoms with Crippen molar-refractivity contribution in [2.24, 2.45) is 0 Å². The second-order valence-electron chi connectivity index (χ2n) is 6.53. The SMILES string of the molecule is COc1ccc(-n2c(SCc3ccccc3Cl)nnc2-c2ccccc2C)cc1. The lowest BCUT2D eigenvalue weighted by Crippen LogP contribution is -2.01. The summed E-state index contributed by atoms with van der Waals surface area (Å²) in [7, 11) is 1.66. The Labute approximate surface area is 179 Å². The topological polar surface area (TPSA) is 39.9 Å². The van der Waals surface area contributed by atoms with Crippen LogP contribution in [0.4, 0.5) is 0 Å². The second-order valence-corrected chi connectivity index (χ2v) is 7.88. The number of aryl methyl sites for hydroxylation is 1. The van der Waals surface area contributed by atoms with Crippen LogP contribution >= 0.6 is 23.4 Å². The van der Waals surface area contributed by atoms with E-state index in [1.165, 1.54) is 0 Å². The van der Waals surface area contributed by atoms with Crippen molar-refractivity contribution >= 4 is 23.4 Å². The average molecular weight is 422 g/mol. The largest absolute Gasteiger partial charge is 0.497 e. The maximum atomic E-state index is 6.33. The zero-order valence-corrected chi connectivity index (χ0v) is 17.7. The average Bonchev–Trinajstić information content (AvgIpc) is 3.17. The van der Waals surface area contributed by atoms with Crippen LogP contribution in [-0.4, -0.2) is 21.9 Å². The minimum Gasteiger partial charge on any atom is -0.497 e. The second kappa shape index (κ2) is 8.72. The van der Waals surface area contributed by atoms with Crippen molar-refractivity contribution in [2.45, 2.75) is 17.8 Å². The third-order valence-corrected chi connectivity index (χ3v) is 6.01. The van der Waals surface area contributed by atoms with E-state index in [9.17, 15) is 0 Å². The molecule has 1 aromatic heterocycles. The Morgan fingerprint density at radius 2 is 1.66 bits per heavy atom. The number of rotatable bonds is 6. The van der Waals surface area contributed by atoms with Gasteiger partial charge in [0, 0.05) is 22.0 Å². The van der Waals surface area contributed by atoms with Crippen LogP contribution in [0.2, 0.25) is 5.02 Å². The van der Waals surface area contributed by atoms with Crippen LogP contribution in [0.15, 0.2) is 78.0 Å². The third-order valence-electron chi connectivity index (χ3n) is 4.66. The van der Waals surface area contributed by atoms with E-state index < -0.39 is 0 Å². The molecule has 3 aromatic carbocycles. The standard InChI is InChI=1S/C23H20ClN3OS/c1-16-7-3-5-9-20(16)22-25-26-23(29-15-17-8-4-6-10-21(17)24)27(22)18-11-13-19(28-2)14-12-18/h3-14H,15H2,1-2H3. The molecule has 4 rings (SSSR count). The molecule has 0 saturated heterocycles. The van der Waals surface area contributed by atoms with Crippen molar-refractivity contribution < 1.29 is 4.74 Å². The molecular formula is C23H20ClN3OS. The van der Waals surface area contributed by atoms with Gasteiger partial charge in [-0.25, -0.2) is 0 Å². The van der Waals surface area contributed by atoms with Gasteiger partial charge in [0.1, 0.15) is 5.75 Å². The summed E-state index contributed by atoms with van der Waals surface area (Å²) in [5, 5.41) is 10.6. The van der Waals surface area contributed by atoms with Crippen molar-refractivity contribution in [2.75, 3.05) is 7.11 Å². The van der Waals surface area contributed by atoms with Crippen LogP contribution in [0.25, 0.3) is 17.1 Å². The van der Waals surface area contributed by atoms with E-state index in [4.69, 9.17) is 16.3 Å². The third kappa shape index (κ3) is 4.16. The number of hydrogen-bond acceptors (Lipinski definition) is 4. The van der Waals surface area contributed by atoms with Gasteiger partial charge < -0.3 is 4.74 Å². The molecule has 0 aliphatic carbocycles. The van der Waals surface area contributed by atoms with Crippen molar-refractivity contribution in [1.29, 1.82) is 0 Å². The number of ether oxygens (including phenoxy) is 1. The van der Waals surface area contributed by atoms with Crippen LogP contribution in [0.5, 0.6) is 5.75 Å². The lowest BCUT2D eigenvalue weighted by molar-refractivity contribution is 0.414. The molecular weight excluding hydrogens is 402 g/mol. The summed E-state index contributed by atoms with van der Waals surface area (Å²) in [5.74, 6) is 2.33. The van der Waals surface area contributed by atoms with E-state index in [1.807, 2.05) is 60.7 Å². The van der Waals surface area contributed by atoms with Gasteiger partial charge in [-0.05, 0) is 48.4 Å². The molecule has 0 N–H and O–H groups in total. The maximum Gasteiger partial charge on any atom is 0.196 e. The van der Waals surface area contributed by atoms with Gasteiger partial charge in [-0.1, -0.05) is 65.8 Å². The first kappa shape index (κ1) is 19.6. The van der Waals surface area contributed by atoms with Crippen molar-refractivity contribution in [3.05, 3.63) is 88.9 Å². The smallest absolute Gasteiger partial charge is 0.196 e. The summed E-state index contributed by atoms with van der Waals surface area (Å²) < 4.78 is 7.40. The molecule has 4 nitrogen and oxygen atoms in total. The highest BCUT2D eigenvalue weighted by Gasteiger charge is 2.18. The van der Waals surface area contributed by atoms with Gasteiger partial charge in [-0.3, -0.25) is 4.57 Å². The summed E-state index contributed by atoms with van der Waals surface area (Å²) in [4.78, 5) is 0. The number of nitrogens with zero attached hydrogens (tertiary/aromatic N) is 3. The minimum atomic E-state index is 0.710. The zero-order chi connectivity index (χ0) is 20.2. The lowest BCUT2D eigenvalue weighted by atomic mass is 10.1. The molecule has 0 spiro atoms. The van der Waals surface area contributed by atoms with Crippen LogP contribution in [0, 0.1) is 6.92 Å². The first-order valence-electron chi connectivity index (χ1n) is 9.19. The van der Waals surface area contributed by atoms with E-state index in [1.54, 1.807) is 18.9 Å².